The average Bonchev–Trinajstić information content (AvgIpc) is 3.37. The summed E-state index contributed by atoms with van der Waals surface area (Å²) in [4.78, 5) is 32.0. The number of pyridine rings is 1. The van der Waals surface area contributed by atoms with E-state index in [9.17, 15) is 9.59 Å². The van der Waals surface area contributed by atoms with E-state index in [1.165, 1.54) is 0 Å². The molecule has 0 bridgehead atoms. The van der Waals surface area contributed by atoms with Crippen molar-refractivity contribution in [3.63, 3.8) is 0 Å². The lowest BCUT2D eigenvalue weighted by molar-refractivity contribution is -0.119. The summed E-state index contributed by atoms with van der Waals surface area (Å²) in [7, 11) is 0. The van der Waals surface area contributed by atoms with Crippen LogP contribution in [0.5, 0.6) is 0 Å². The minimum atomic E-state index is -0.202. The summed E-state index contributed by atoms with van der Waals surface area (Å²) in [6.07, 6.45) is 3.40. The smallest absolute Gasteiger partial charge is 0.268 e. The topological polar surface area (TPSA) is 67.2 Å². The molecule has 0 unspecified atom stereocenters. The van der Waals surface area contributed by atoms with Crippen molar-refractivity contribution in [1.82, 2.24) is 14.9 Å². The van der Waals surface area contributed by atoms with Crippen LogP contribution in [0, 0.1) is 6.92 Å². The second kappa shape index (κ2) is 9.14. The van der Waals surface area contributed by atoms with Gasteiger partial charge in [0.05, 0.1) is 10.2 Å². The van der Waals surface area contributed by atoms with Gasteiger partial charge in [0.15, 0.2) is 0 Å². The maximum atomic E-state index is 13.3. The molecule has 0 saturated carbocycles. The summed E-state index contributed by atoms with van der Waals surface area (Å²) in [6, 6.07) is 15.4. The second-order valence-electron chi connectivity index (χ2n) is 7.25. The quantitative estimate of drug-likeness (QED) is 0.471. The Kier molecular flexibility index (Phi) is 6.13. The molecule has 0 aliphatic carbocycles. The fourth-order valence-corrected chi connectivity index (χ4v) is 4.50. The molecule has 1 N–H and O–H groups in total. The van der Waals surface area contributed by atoms with Gasteiger partial charge in [-0.25, -0.2) is 0 Å². The summed E-state index contributed by atoms with van der Waals surface area (Å²) in [6.45, 7) is 5.01. The van der Waals surface area contributed by atoms with Gasteiger partial charge in [0.1, 0.15) is 12.2 Å². The number of hydrogen-bond acceptors (Lipinski definition) is 4. The lowest BCUT2D eigenvalue weighted by Gasteiger charge is -2.24. The van der Waals surface area contributed by atoms with Gasteiger partial charge in [-0.05, 0) is 60.7 Å². The van der Waals surface area contributed by atoms with Gasteiger partial charge in [-0.2, -0.15) is 0 Å². The predicted octanol–water partition coefficient (Wildman–Crippen LogP) is 4.39. The number of carbonyl (C=O) groups is 2. The van der Waals surface area contributed by atoms with Crippen LogP contribution in [0.1, 0.15) is 28.5 Å². The number of aromatic nitrogens is 2. The number of hydrogen-bond donors (Lipinski definition) is 1. The number of anilines is 1. The molecule has 3 aromatic heterocycles. The zero-order valence-electron chi connectivity index (χ0n) is 17.5. The van der Waals surface area contributed by atoms with Crippen LogP contribution in [0.25, 0.3) is 10.2 Å². The molecule has 0 atom stereocenters. The summed E-state index contributed by atoms with van der Waals surface area (Å²) in [5.74, 6) is -0.254. The van der Waals surface area contributed by atoms with Crippen molar-refractivity contribution in [2.24, 2.45) is 0 Å². The standard InChI is InChI=1S/C24H24N4O2S/c1-3-27(19-7-5-4-6-17(19)2)23(29)16-28-20-10-13-31-22(20)14-21(28)24(30)26-15-18-8-11-25-12-9-18/h4-14H,3,15-16H2,1-2H3,(H,26,30). The molecule has 0 aliphatic heterocycles. The van der Waals surface area contributed by atoms with Crippen LogP contribution in [0.3, 0.4) is 0 Å². The molecule has 4 aromatic rings. The van der Waals surface area contributed by atoms with Gasteiger partial charge in [-0.15, -0.1) is 11.3 Å². The molecular weight excluding hydrogens is 408 g/mol. The molecule has 0 aliphatic rings. The number of likely N-dealkylation sites (N-methyl/N-ethyl adjacent to an activating group) is 1. The molecule has 2 amide bonds. The SMILES string of the molecule is CCN(C(=O)Cn1c(C(=O)NCc2ccncc2)cc2sccc21)c1ccccc1C. The molecule has 1 aromatic carbocycles. The molecule has 6 nitrogen and oxygen atoms in total. The number of benzene rings is 1. The van der Waals surface area contributed by atoms with Crippen LogP contribution in [-0.2, 0) is 17.9 Å². The normalized spacial score (nSPS) is 10.9. The second-order valence-corrected chi connectivity index (χ2v) is 8.20. The molecule has 31 heavy (non-hydrogen) atoms. The Hall–Kier alpha value is -3.45. The number of rotatable bonds is 7. The van der Waals surface area contributed by atoms with Crippen molar-refractivity contribution in [3.05, 3.63) is 83.1 Å². The summed E-state index contributed by atoms with van der Waals surface area (Å²) < 4.78 is 2.80. The fourth-order valence-electron chi connectivity index (χ4n) is 3.68. The Labute approximate surface area is 185 Å². The van der Waals surface area contributed by atoms with E-state index in [1.807, 2.05) is 72.3 Å². The minimum Gasteiger partial charge on any atom is -0.347 e. The monoisotopic (exact) mass is 432 g/mol. The number of nitrogens with zero attached hydrogens (tertiary/aromatic N) is 3. The van der Waals surface area contributed by atoms with Gasteiger partial charge in [0.2, 0.25) is 5.91 Å². The van der Waals surface area contributed by atoms with Gasteiger partial charge in [0.25, 0.3) is 5.91 Å². The number of para-hydroxylation sites is 1. The van der Waals surface area contributed by atoms with Crippen molar-refractivity contribution in [2.45, 2.75) is 26.9 Å². The predicted molar refractivity (Wildman–Crippen MR) is 124 cm³/mol. The van der Waals surface area contributed by atoms with Crippen LogP contribution in [0.4, 0.5) is 5.69 Å². The third-order valence-electron chi connectivity index (χ3n) is 5.27. The number of fused-ring (bicyclic) bond motifs is 1. The Morgan fingerprint density at radius 2 is 1.90 bits per heavy atom. The van der Waals surface area contributed by atoms with E-state index in [2.05, 4.69) is 10.3 Å². The number of nitrogens with one attached hydrogen (secondary N) is 1. The third kappa shape index (κ3) is 4.36. The molecule has 0 saturated heterocycles. The van der Waals surface area contributed by atoms with E-state index >= 15 is 0 Å². The summed E-state index contributed by atoms with van der Waals surface area (Å²) >= 11 is 1.56. The van der Waals surface area contributed by atoms with Crippen molar-refractivity contribution < 1.29 is 9.59 Å². The summed E-state index contributed by atoms with van der Waals surface area (Å²) in [5.41, 5.74) is 4.29. The molecule has 0 radical (unpaired) electrons. The molecule has 0 fully saturated rings. The minimum absolute atomic E-state index is 0.0521. The van der Waals surface area contributed by atoms with Crippen LogP contribution in [0.15, 0.2) is 66.3 Å². The van der Waals surface area contributed by atoms with E-state index in [0.717, 1.165) is 27.0 Å². The number of carbonyl (C=O) groups excluding carboxylic acids is 2. The first kappa shape index (κ1) is 20.8. The van der Waals surface area contributed by atoms with Gasteiger partial charge < -0.3 is 14.8 Å². The van der Waals surface area contributed by atoms with Crippen molar-refractivity contribution in [2.75, 3.05) is 11.4 Å². The van der Waals surface area contributed by atoms with Crippen LogP contribution in [-0.4, -0.2) is 27.9 Å². The first-order valence-electron chi connectivity index (χ1n) is 10.2. The number of amides is 2. The average molecular weight is 433 g/mol. The molecule has 4 rings (SSSR count). The van der Waals surface area contributed by atoms with E-state index in [4.69, 9.17) is 0 Å². The van der Waals surface area contributed by atoms with E-state index in [1.54, 1.807) is 28.6 Å². The molecule has 0 spiro atoms. The Bertz CT molecular complexity index is 1210. The lowest BCUT2D eigenvalue weighted by atomic mass is 10.2. The number of aryl methyl sites for hydroxylation is 1. The van der Waals surface area contributed by atoms with E-state index in [-0.39, 0.29) is 18.4 Å². The van der Waals surface area contributed by atoms with Crippen molar-refractivity contribution >= 4 is 39.1 Å². The highest BCUT2D eigenvalue weighted by Gasteiger charge is 2.22. The Morgan fingerprint density at radius 1 is 1.13 bits per heavy atom. The maximum absolute atomic E-state index is 13.3. The maximum Gasteiger partial charge on any atom is 0.268 e. The first-order chi connectivity index (χ1) is 15.1. The molecule has 158 valence electrons. The third-order valence-corrected chi connectivity index (χ3v) is 6.13. The van der Waals surface area contributed by atoms with Crippen LogP contribution < -0.4 is 10.2 Å². The highest BCUT2D eigenvalue weighted by Crippen LogP contribution is 2.26. The fraction of sp³-hybridized carbons (Fsp3) is 0.208. The van der Waals surface area contributed by atoms with Gasteiger partial charge >= 0.3 is 0 Å². The first-order valence-corrected chi connectivity index (χ1v) is 11.1. The Balaban J connectivity index is 1.59. The zero-order valence-corrected chi connectivity index (χ0v) is 18.4. The highest BCUT2D eigenvalue weighted by atomic mass is 32.1. The largest absolute Gasteiger partial charge is 0.347 e. The van der Waals surface area contributed by atoms with Crippen LogP contribution >= 0.6 is 11.3 Å². The van der Waals surface area contributed by atoms with E-state index in [0.29, 0.717) is 18.8 Å². The molecule has 3 heterocycles. The van der Waals surface area contributed by atoms with Crippen LogP contribution in [0.2, 0.25) is 0 Å². The molecular formula is C24H24N4O2S. The van der Waals surface area contributed by atoms with Crippen molar-refractivity contribution in [3.8, 4) is 0 Å². The Morgan fingerprint density at radius 3 is 2.65 bits per heavy atom. The number of thiophene rings is 1. The van der Waals surface area contributed by atoms with Gasteiger partial charge in [-0.1, -0.05) is 18.2 Å². The summed E-state index contributed by atoms with van der Waals surface area (Å²) in [5, 5.41) is 4.93. The van der Waals surface area contributed by atoms with Gasteiger partial charge in [0, 0.05) is 31.2 Å². The van der Waals surface area contributed by atoms with Gasteiger partial charge in [-0.3, -0.25) is 14.6 Å². The lowest BCUT2D eigenvalue weighted by Crippen LogP contribution is -2.35. The van der Waals surface area contributed by atoms with Crippen molar-refractivity contribution in [1.29, 1.82) is 0 Å². The molecule has 7 heteroatoms. The van der Waals surface area contributed by atoms with E-state index < -0.39 is 0 Å². The zero-order chi connectivity index (χ0) is 21.8. The highest BCUT2D eigenvalue weighted by molar-refractivity contribution is 7.17.